The zero-order chi connectivity index (χ0) is 13.7. The van der Waals surface area contributed by atoms with Crippen LogP contribution in [0.5, 0.6) is 0 Å². The van der Waals surface area contributed by atoms with Crippen molar-refractivity contribution in [3.63, 3.8) is 0 Å². The van der Waals surface area contributed by atoms with Crippen molar-refractivity contribution in [3.8, 4) is 6.07 Å². The molecule has 2 nitrogen and oxygen atoms in total. The highest BCUT2D eigenvalue weighted by Crippen LogP contribution is 2.28. The molecule has 1 aliphatic rings. The van der Waals surface area contributed by atoms with Gasteiger partial charge in [0, 0.05) is 18.5 Å². The largest absolute Gasteiger partial charge is 0.301 e. The summed E-state index contributed by atoms with van der Waals surface area (Å²) in [7, 11) is 2.14. The average Bonchev–Trinajstić information content (AvgIpc) is 2.39. The fraction of sp³-hybridized carbons (Fsp3) is 0.353. The minimum Gasteiger partial charge on any atom is -0.301 e. The van der Waals surface area contributed by atoms with Crippen LogP contribution in [0.4, 0.5) is 0 Å². The van der Waals surface area contributed by atoms with E-state index in [1.807, 2.05) is 18.2 Å². The van der Waals surface area contributed by atoms with Gasteiger partial charge >= 0.3 is 0 Å². The number of nitriles is 1. The van der Waals surface area contributed by atoms with Crippen LogP contribution in [0.2, 0.25) is 0 Å². The Morgan fingerprint density at radius 3 is 2.89 bits per heavy atom. The van der Waals surface area contributed by atoms with Crippen LogP contribution in [0.25, 0.3) is 0 Å². The average molecular weight is 252 g/mol. The van der Waals surface area contributed by atoms with Crippen LogP contribution in [0.15, 0.2) is 48.6 Å². The highest BCUT2D eigenvalue weighted by atomic mass is 15.1. The molecule has 2 rings (SSSR count). The Kier molecular flexibility index (Phi) is 4.19. The van der Waals surface area contributed by atoms with E-state index in [9.17, 15) is 0 Å². The van der Waals surface area contributed by atoms with Crippen LogP contribution in [-0.2, 0) is 6.54 Å². The monoisotopic (exact) mass is 252 g/mol. The molecule has 1 atom stereocenters. The predicted molar refractivity (Wildman–Crippen MR) is 78.5 cm³/mol. The highest BCUT2D eigenvalue weighted by molar-refractivity contribution is 5.32. The van der Waals surface area contributed by atoms with Gasteiger partial charge in [-0.05, 0) is 31.2 Å². The van der Waals surface area contributed by atoms with Gasteiger partial charge in [0.25, 0.3) is 0 Å². The van der Waals surface area contributed by atoms with Crippen LogP contribution < -0.4 is 0 Å². The zero-order valence-electron chi connectivity index (χ0n) is 11.6. The van der Waals surface area contributed by atoms with Crippen molar-refractivity contribution in [2.24, 2.45) is 5.41 Å². The Morgan fingerprint density at radius 2 is 2.21 bits per heavy atom. The van der Waals surface area contributed by atoms with Crippen molar-refractivity contribution in [2.75, 3.05) is 13.6 Å². The molecule has 98 valence electrons. The molecule has 0 aromatic heterocycles. The third-order valence-corrected chi connectivity index (χ3v) is 3.47. The topological polar surface area (TPSA) is 27.0 Å². The predicted octanol–water partition coefficient (Wildman–Crippen LogP) is 3.51. The van der Waals surface area contributed by atoms with Crippen LogP contribution in [-0.4, -0.2) is 18.5 Å². The summed E-state index contributed by atoms with van der Waals surface area (Å²) >= 11 is 0. The van der Waals surface area contributed by atoms with Crippen molar-refractivity contribution in [3.05, 3.63) is 59.7 Å². The molecular weight excluding hydrogens is 232 g/mol. The van der Waals surface area contributed by atoms with Crippen LogP contribution >= 0.6 is 0 Å². The summed E-state index contributed by atoms with van der Waals surface area (Å²) in [5, 5.41) is 8.92. The zero-order valence-corrected chi connectivity index (χ0v) is 11.6. The lowest BCUT2D eigenvalue weighted by atomic mass is 9.83. The first kappa shape index (κ1) is 13.6. The number of hydrogen-bond acceptors (Lipinski definition) is 2. The SMILES string of the molecule is CN(Cc1cccc(C#N)c1)CC1(C)C=CC=CC1. The number of nitrogens with zero attached hydrogens (tertiary/aromatic N) is 2. The molecule has 1 aliphatic carbocycles. The molecule has 19 heavy (non-hydrogen) atoms. The molecular formula is C17H20N2. The van der Waals surface area contributed by atoms with Crippen LogP contribution in [0.3, 0.4) is 0 Å². The van der Waals surface area contributed by atoms with Gasteiger partial charge in [-0.2, -0.15) is 5.26 Å². The Hall–Kier alpha value is -1.85. The maximum atomic E-state index is 8.92. The van der Waals surface area contributed by atoms with Gasteiger partial charge in [-0.3, -0.25) is 0 Å². The van der Waals surface area contributed by atoms with Gasteiger partial charge in [-0.1, -0.05) is 43.4 Å². The van der Waals surface area contributed by atoms with E-state index in [4.69, 9.17) is 5.26 Å². The Balaban J connectivity index is 1.97. The van der Waals surface area contributed by atoms with E-state index < -0.39 is 0 Å². The molecule has 2 heteroatoms. The molecule has 0 N–H and O–H groups in total. The molecule has 1 aromatic carbocycles. The first-order valence-electron chi connectivity index (χ1n) is 6.63. The maximum absolute atomic E-state index is 8.92. The summed E-state index contributed by atoms with van der Waals surface area (Å²) in [5.74, 6) is 0. The third kappa shape index (κ3) is 3.81. The van der Waals surface area contributed by atoms with E-state index in [0.717, 1.165) is 25.1 Å². The summed E-state index contributed by atoms with van der Waals surface area (Å²) in [6.45, 7) is 4.18. The molecule has 0 amide bonds. The summed E-state index contributed by atoms with van der Waals surface area (Å²) < 4.78 is 0. The number of benzene rings is 1. The molecule has 0 saturated heterocycles. The smallest absolute Gasteiger partial charge is 0.0991 e. The molecule has 1 unspecified atom stereocenters. The lowest BCUT2D eigenvalue weighted by molar-refractivity contribution is 0.229. The van der Waals surface area contributed by atoms with Crippen molar-refractivity contribution in [1.82, 2.24) is 4.90 Å². The van der Waals surface area contributed by atoms with E-state index in [1.165, 1.54) is 5.56 Å². The van der Waals surface area contributed by atoms with E-state index >= 15 is 0 Å². The molecule has 0 saturated carbocycles. The first-order valence-corrected chi connectivity index (χ1v) is 6.63. The molecule has 0 aliphatic heterocycles. The van der Waals surface area contributed by atoms with E-state index in [0.29, 0.717) is 0 Å². The summed E-state index contributed by atoms with van der Waals surface area (Å²) in [5.41, 5.74) is 2.15. The quantitative estimate of drug-likeness (QED) is 0.820. The summed E-state index contributed by atoms with van der Waals surface area (Å²) in [4.78, 5) is 2.32. The normalized spacial score (nSPS) is 21.6. The second-order valence-electron chi connectivity index (χ2n) is 5.63. The molecule has 0 radical (unpaired) electrons. The molecule has 0 heterocycles. The molecule has 0 fully saturated rings. The van der Waals surface area contributed by atoms with Crippen molar-refractivity contribution >= 4 is 0 Å². The standard InChI is InChI=1S/C17H20N2/c1-17(9-4-3-5-10-17)14-19(2)13-16-8-6-7-15(11-16)12-18/h3-9,11H,10,13-14H2,1-2H3. The van der Waals surface area contributed by atoms with Crippen molar-refractivity contribution in [1.29, 1.82) is 5.26 Å². The molecule has 0 bridgehead atoms. The lowest BCUT2D eigenvalue weighted by Crippen LogP contribution is -2.32. The van der Waals surface area contributed by atoms with Crippen molar-refractivity contribution < 1.29 is 0 Å². The second kappa shape index (κ2) is 5.86. The van der Waals surface area contributed by atoms with Gasteiger partial charge in [0.2, 0.25) is 0 Å². The minimum absolute atomic E-state index is 0.219. The molecule has 0 spiro atoms. The van der Waals surface area contributed by atoms with Crippen LogP contribution in [0, 0.1) is 16.7 Å². The summed E-state index contributed by atoms with van der Waals surface area (Å²) in [6, 6.07) is 10.0. The Morgan fingerprint density at radius 1 is 1.37 bits per heavy atom. The third-order valence-electron chi connectivity index (χ3n) is 3.47. The van der Waals surface area contributed by atoms with Gasteiger partial charge in [-0.25, -0.2) is 0 Å². The van der Waals surface area contributed by atoms with E-state index in [2.05, 4.69) is 55.3 Å². The number of allylic oxidation sites excluding steroid dienone is 3. The van der Waals surface area contributed by atoms with E-state index in [1.54, 1.807) is 0 Å². The molecule has 1 aromatic rings. The first-order chi connectivity index (χ1) is 9.11. The van der Waals surface area contributed by atoms with E-state index in [-0.39, 0.29) is 5.41 Å². The second-order valence-corrected chi connectivity index (χ2v) is 5.63. The van der Waals surface area contributed by atoms with Crippen LogP contribution in [0.1, 0.15) is 24.5 Å². The minimum atomic E-state index is 0.219. The highest BCUT2D eigenvalue weighted by Gasteiger charge is 2.22. The van der Waals surface area contributed by atoms with Gasteiger partial charge in [0.15, 0.2) is 0 Å². The fourth-order valence-electron chi connectivity index (χ4n) is 2.61. The Labute approximate surface area is 115 Å². The number of hydrogen-bond donors (Lipinski definition) is 0. The Bertz CT molecular complexity index is 536. The van der Waals surface area contributed by atoms with Gasteiger partial charge in [0.1, 0.15) is 0 Å². The van der Waals surface area contributed by atoms with Gasteiger partial charge < -0.3 is 4.90 Å². The number of rotatable bonds is 4. The lowest BCUT2D eigenvalue weighted by Gasteiger charge is -2.31. The fourth-order valence-corrected chi connectivity index (χ4v) is 2.61. The van der Waals surface area contributed by atoms with Gasteiger partial charge in [-0.15, -0.1) is 0 Å². The van der Waals surface area contributed by atoms with Crippen molar-refractivity contribution in [2.45, 2.75) is 19.9 Å². The maximum Gasteiger partial charge on any atom is 0.0991 e. The summed E-state index contributed by atoms with van der Waals surface area (Å²) in [6.07, 6.45) is 9.84. The van der Waals surface area contributed by atoms with Gasteiger partial charge in [0.05, 0.1) is 11.6 Å².